The van der Waals surface area contributed by atoms with Crippen molar-refractivity contribution in [2.24, 2.45) is 22.7 Å². The number of carbonyl (C=O) groups is 2. The van der Waals surface area contributed by atoms with Gasteiger partial charge in [-0.25, -0.2) is 4.98 Å². The van der Waals surface area contributed by atoms with Crippen LogP contribution in [0.5, 0.6) is 0 Å². The van der Waals surface area contributed by atoms with Crippen LogP contribution < -0.4 is 4.90 Å². The zero-order chi connectivity index (χ0) is 24.3. The Kier molecular flexibility index (Phi) is 5.54. The number of halogens is 3. The van der Waals surface area contributed by atoms with Gasteiger partial charge < -0.3 is 9.64 Å². The van der Waals surface area contributed by atoms with Crippen LogP contribution >= 0.6 is 0 Å². The van der Waals surface area contributed by atoms with Gasteiger partial charge in [-0.2, -0.15) is 13.2 Å². The van der Waals surface area contributed by atoms with E-state index in [2.05, 4.69) is 4.98 Å². The molecule has 0 aromatic carbocycles. The molecule has 0 amide bonds. The smallest absolute Gasteiger partial charge is 0.381 e. The first-order valence-corrected chi connectivity index (χ1v) is 11.9. The molecule has 2 aromatic heterocycles. The minimum absolute atomic E-state index is 0.0223. The van der Waals surface area contributed by atoms with E-state index in [4.69, 9.17) is 4.74 Å². The number of Topliss-reactive ketones (excluding diaryl/α,β-unsaturated/α-hetero) is 2. The van der Waals surface area contributed by atoms with Crippen LogP contribution in [0, 0.1) is 22.7 Å². The van der Waals surface area contributed by atoms with Crippen LogP contribution in [0.25, 0.3) is 5.52 Å². The largest absolute Gasteiger partial charge is 0.416 e. The number of alkyl halides is 3. The molecule has 0 N–H and O–H groups in total. The summed E-state index contributed by atoms with van der Waals surface area (Å²) >= 11 is 0. The third kappa shape index (κ3) is 3.72. The number of carbonyl (C=O) groups excluding carboxylic acids is 2. The minimum Gasteiger partial charge on any atom is -0.381 e. The maximum atomic E-state index is 13.7. The van der Waals surface area contributed by atoms with Gasteiger partial charge in [0.25, 0.3) is 0 Å². The van der Waals surface area contributed by atoms with E-state index in [-0.39, 0.29) is 18.0 Å². The number of hydrogen-bond acceptors (Lipinski definition) is 5. The molecule has 0 radical (unpaired) electrons. The van der Waals surface area contributed by atoms with Crippen LogP contribution in [0.3, 0.4) is 0 Å². The number of hydrogen-bond donors (Lipinski definition) is 0. The Morgan fingerprint density at radius 1 is 1.18 bits per heavy atom. The van der Waals surface area contributed by atoms with E-state index in [1.54, 1.807) is 4.40 Å². The Morgan fingerprint density at radius 3 is 2.59 bits per heavy atom. The summed E-state index contributed by atoms with van der Waals surface area (Å²) in [6.07, 6.45) is 1.45. The van der Waals surface area contributed by atoms with Gasteiger partial charge in [0.15, 0.2) is 5.78 Å². The molecule has 2 unspecified atom stereocenters. The monoisotopic (exact) mass is 477 g/mol. The summed E-state index contributed by atoms with van der Waals surface area (Å²) in [5, 5.41) is 0. The Hall–Kier alpha value is -2.42. The molecule has 2 saturated heterocycles. The third-order valence-corrected chi connectivity index (χ3v) is 8.41. The molecule has 2 aliphatic heterocycles. The van der Waals surface area contributed by atoms with E-state index in [9.17, 15) is 22.8 Å². The summed E-state index contributed by atoms with van der Waals surface area (Å²) < 4.78 is 47.7. The molecule has 2 atom stereocenters. The zero-order valence-electron chi connectivity index (χ0n) is 19.5. The van der Waals surface area contributed by atoms with Gasteiger partial charge in [-0.3, -0.25) is 14.0 Å². The Labute approximate surface area is 196 Å². The number of rotatable bonds is 3. The molecule has 1 saturated carbocycles. The average Bonchev–Trinajstić information content (AvgIpc) is 3.34. The number of anilines is 1. The fourth-order valence-electron chi connectivity index (χ4n) is 6.31. The lowest BCUT2D eigenvalue weighted by molar-refractivity contribution is -0.138. The number of ether oxygens (including phenoxy) is 1. The SMILES string of the molecule is CC1(C)CN(c2cc(C(F)(F)F)cc3cncn23)CCC12CC(=O)C(CC1CCOCC1)C2=O. The van der Waals surface area contributed by atoms with Crippen LogP contribution in [0.2, 0.25) is 0 Å². The summed E-state index contributed by atoms with van der Waals surface area (Å²) in [5.74, 6) is 0.216. The second-order valence-electron chi connectivity index (χ2n) is 10.8. The molecule has 9 heteroatoms. The quantitative estimate of drug-likeness (QED) is 0.607. The van der Waals surface area contributed by atoms with Crippen molar-refractivity contribution in [3.63, 3.8) is 0 Å². The Balaban J connectivity index is 1.42. The van der Waals surface area contributed by atoms with Crippen LogP contribution in [0.1, 0.15) is 51.5 Å². The van der Waals surface area contributed by atoms with E-state index in [1.807, 2.05) is 18.7 Å². The lowest BCUT2D eigenvalue weighted by Gasteiger charge is -2.51. The van der Waals surface area contributed by atoms with Crippen molar-refractivity contribution in [2.75, 3.05) is 31.2 Å². The van der Waals surface area contributed by atoms with Crippen molar-refractivity contribution in [2.45, 2.75) is 52.1 Å². The number of aromatic nitrogens is 2. The normalized spacial score (nSPS) is 28.4. The Bertz CT molecular complexity index is 1120. The molecule has 6 nitrogen and oxygen atoms in total. The van der Waals surface area contributed by atoms with E-state index >= 15 is 0 Å². The highest BCUT2D eigenvalue weighted by molar-refractivity contribution is 6.12. The maximum absolute atomic E-state index is 13.7. The van der Waals surface area contributed by atoms with Crippen LogP contribution in [-0.4, -0.2) is 47.3 Å². The highest BCUT2D eigenvalue weighted by Gasteiger charge is 2.61. The van der Waals surface area contributed by atoms with Crippen molar-refractivity contribution in [3.8, 4) is 0 Å². The molecule has 0 bridgehead atoms. The number of ketones is 2. The molecule has 34 heavy (non-hydrogen) atoms. The fourth-order valence-corrected chi connectivity index (χ4v) is 6.31. The van der Waals surface area contributed by atoms with Crippen molar-refractivity contribution in [1.82, 2.24) is 9.38 Å². The first kappa shape index (κ1) is 23.3. The van der Waals surface area contributed by atoms with Gasteiger partial charge in [-0.15, -0.1) is 0 Å². The first-order chi connectivity index (χ1) is 16.0. The molecule has 5 rings (SSSR count). The van der Waals surface area contributed by atoms with Gasteiger partial charge in [0, 0.05) is 38.1 Å². The van der Waals surface area contributed by atoms with Crippen LogP contribution in [0.4, 0.5) is 19.0 Å². The predicted octanol–water partition coefficient (Wildman–Crippen LogP) is 4.55. The highest BCUT2D eigenvalue weighted by Crippen LogP contribution is 2.56. The summed E-state index contributed by atoms with van der Waals surface area (Å²) in [5.41, 5.74) is -1.71. The minimum atomic E-state index is -4.47. The van der Waals surface area contributed by atoms with Crippen molar-refractivity contribution < 1.29 is 27.5 Å². The van der Waals surface area contributed by atoms with Gasteiger partial charge in [-0.1, -0.05) is 13.8 Å². The molecule has 2 aromatic rings. The number of pyridine rings is 1. The average molecular weight is 478 g/mol. The lowest BCUT2D eigenvalue weighted by Crippen LogP contribution is -2.55. The van der Waals surface area contributed by atoms with Crippen LogP contribution in [-0.2, 0) is 20.5 Å². The van der Waals surface area contributed by atoms with Gasteiger partial charge in [0.1, 0.15) is 17.9 Å². The predicted molar refractivity (Wildman–Crippen MR) is 120 cm³/mol. The molecule has 3 fully saturated rings. The summed E-state index contributed by atoms with van der Waals surface area (Å²) in [6, 6.07) is 2.24. The summed E-state index contributed by atoms with van der Waals surface area (Å²) in [4.78, 5) is 32.7. The van der Waals surface area contributed by atoms with Crippen LogP contribution in [0.15, 0.2) is 24.7 Å². The highest BCUT2D eigenvalue weighted by atomic mass is 19.4. The van der Waals surface area contributed by atoms with Gasteiger partial charge in [0.2, 0.25) is 0 Å². The topological polar surface area (TPSA) is 63.9 Å². The Morgan fingerprint density at radius 2 is 1.91 bits per heavy atom. The number of nitrogens with zero attached hydrogens (tertiary/aromatic N) is 3. The van der Waals surface area contributed by atoms with Crippen molar-refractivity contribution in [3.05, 3.63) is 30.2 Å². The van der Waals surface area contributed by atoms with Crippen molar-refractivity contribution in [1.29, 1.82) is 0 Å². The molecular formula is C25H30F3N3O3. The molecule has 3 aliphatic rings. The van der Waals surface area contributed by atoms with Crippen molar-refractivity contribution >= 4 is 22.9 Å². The lowest BCUT2D eigenvalue weighted by atomic mass is 9.59. The third-order valence-electron chi connectivity index (χ3n) is 8.41. The van der Waals surface area contributed by atoms with E-state index in [1.165, 1.54) is 12.5 Å². The molecule has 4 heterocycles. The van der Waals surface area contributed by atoms with Gasteiger partial charge >= 0.3 is 6.18 Å². The fraction of sp³-hybridized carbons (Fsp3) is 0.640. The number of fused-ring (bicyclic) bond motifs is 1. The summed E-state index contributed by atoms with van der Waals surface area (Å²) in [6.45, 7) is 6.07. The molecule has 1 aliphatic carbocycles. The number of imidazole rings is 1. The second kappa shape index (κ2) is 8.07. The molecule has 184 valence electrons. The van der Waals surface area contributed by atoms with E-state index in [0.29, 0.717) is 56.4 Å². The standard InChI is InChI=1S/C25H30F3N3O3/c1-23(2)14-30(21-11-17(25(26,27)28)10-18-13-29-15-31(18)21)6-5-24(23)12-20(32)19(22(24)33)9-16-3-7-34-8-4-16/h10-11,13,15-16,19H,3-9,12,14H2,1-2H3. The first-order valence-electron chi connectivity index (χ1n) is 11.9. The van der Waals surface area contributed by atoms with E-state index in [0.717, 1.165) is 25.0 Å². The molecule has 1 spiro atoms. The zero-order valence-corrected chi connectivity index (χ0v) is 19.5. The molecular weight excluding hydrogens is 447 g/mol. The second-order valence-corrected chi connectivity index (χ2v) is 10.8. The van der Waals surface area contributed by atoms with Gasteiger partial charge in [0.05, 0.1) is 23.2 Å². The van der Waals surface area contributed by atoms with Gasteiger partial charge in [-0.05, 0) is 49.1 Å². The van der Waals surface area contributed by atoms with E-state index < -0.39 is 28.5 Å². The number of piperidine rings is 1. The maximum Gasteiger partial charge on any atom is 0.416 e. The summed E-state index contributed by atoms with van der Waals surface area (Å²) in [7, 11) is 0.